The second-order valence-corrected chi connectivity index (χ2v) is 5.31. The summed E-state index contributed by atoms with van der Waals surface area (Å²) in [6, 6.07) is 3.83. The number of pyridine rings is 1. The summed E-state index contributed by atoms with van der Waals surface area (Å²) < 4.78 is 2.65. The molecule has 0 bridgehead atoms. The highest BCUT2D eigenvalue weighted by Gasteiger charge is 2.28. The van der Waals surface area contributed by atoms with E-state index in [1.54, 1.807) is 12.4 Å². The molecule has 98 valence electrons. The van der Waals surface area contributed by atoms with Crippen LogP contribution < -0.4 is 0 Å². The molecule has 0 fully saturated rings. The van der Waals surface area contributed by atoms with Crippen LogP contribution in [0.1, 0.15) is 12.1 Å². The molecule has 1 aliphatic heterocycles. The van der Waals surface area contributed by atoms with Gasteiger partial charge >= 0.3 is 5.97 Å². The maximum absolute atomic E-state index is 11.1. The van der Waals surface area contributed by atoms with Gasteiger partial charge in [-0.05, 0) is 40.9 Å². The summed E-state index contributed by atoms with van der Waals surface area (Å²) in [6.45, 7) is 0.476. The molecule has 3 heterocycles. The maximum Gasteiger partial charge on any atom is 0.308 e. The Bertz CT molecular complexity index is 624. The Kier molecular flexibility index (Phi) is 3.10. The number of rotatable bonds is 2. The molecule has 1 unspecified atom stereocenters. The first-order valence-electron chi connectivity index (χ1n) is 6.05. The van der Waals surface area contributed by atoms with Crippen molar-refractivity contribution in [3.05, 3.63) is 35.0 Å². The first kappa shape index (κ1) is 12.3. The zero-order valence-corrected chi connectivity index (χ0v) is 11.7. The third-order valence-corrected chi connectivity index (χ3v) is 4.07. The Morgan fingerprint density at radius 3 is 2.84 bits per heavy atom. The van der Waals surface area contributed by atoms with Gasteiger partial charge in [0.2, 0.25) is 0 Å². The van der Waals surface area contributed by atoms with Crippen LogP contribution in [0.3, 0.4) is 0 Å². The fourth-order valence-corrected chi connectivity index (χ4v) is 3.00. The molecule has 2 aromatic rings. The minimum atomic E-state index is -0.739. The number of nitrogens with zero attached hydrogens (tertiary/aromatic N) is 3. The first-order chi connectivity index (χ1) is 9.16. The van der Waals surface area contributed by atoms with Crippen molar-refractivity contribution >= 4 is 21.9 Å². The van der Waals surface area contributed by atoms with E-state index in [0.29, 0.717) is 17.7 Å². The molecule has 0 aliphatic carbocycles. The van der Waals surface area contributed by atoms with E-state index in [0.717, 1.165) is 23.4 Å². The lowest BCUT2D eigenvalue weighted by atomic mass is 9.96. The summed E-state index contributed by atoms with van der Waals surface area (Å²) in [7, 11) is 0. The summed E-state index contributed by atoms with van der Waals surface area (Å²) >= 11 is 3.42. The molecule has 3 rings (SSSR count). The molecule has 0 radical (unpaired) electrons. The van der Waals surface area contributed by atoms with Crippen LogP contribution in [0, 0.1) is 5.92 Å². The molecule has 1 N–H and O–H groups in total. The molecular weight excluding hydrogens is 310 g/mol. The number of carboxylic acids is 1. The van der Waals surface area contributed by atoms with E-state index < -0.39 is 5.97 Å². The molecule has 5 nitrogen and oxygen atoms in total. The number of hydrogen-bond donors (Lipinski definition) is 1. The maximum atomic E-state index is 11.1. The van der Waals surface area contributed by atoms with E-state index in [4.69, 9.17) is 5.11 Å². The van der Waals surface area contributed by atoms with E-state index in [-0.39, 0.29) is 5.92 Å². The average Bonchev–Trinajstić information content (AvgIpc) is 2.77. The van der Waals surface area contributed by atoms with Gasteiger partial charge in [0.1, 0.15) is 0 Å². The smallest absolute Gasteiger partial charge is 0.308 e. The summed E-state index contributed by atoms with van der Waals surface area (Å²) in [6.07, 6.45) is 4.86. The summed E-state index contributed by atoms with van der Waals surface area (Å²) in [5.74, 6) is -1.07. The molecule has 0 saturated carbocycles. The molecule has 0 aromatic carbocycles. The lowest BCUT2D eigenvalue weighted by Gasteiger charge is -2.22. The molecule has 1 atom stereocenters. The van der Waals surface area contributed by atoms with Crippen molar-refractivity contribution in [1.82, 2.24) is 14.5 Å². The van der Waals surface area contributed by atoms with Gasteiger partial charge in [-0.1, -0.05) is 0 Å². The van der Waals surface area contributed by atoms with Gasteiger partial charge < -0.3 is 9.67 Å². The molecule has 0 spiro atoms. The van der Waals surface area contributed by atoms with E-state index in [9.17, 15) is 4.79 Å². The number of hydrogen-bond acceptors (Lipinski definition) is 3. The van der Waals surface area contributed by atoms with Gasteiger partial charge in [-0.25, -0.2) is 4.98 Å². The van der Waals surface area contributed by atoms with Gasteiger partial charge in [0.05, 0.1) is 11.6 Å². The first-order valence-corrected chi connectivity index (χ1v) is 6.84. The lowest BCUT2D eigenvalue weighted by Crippen LogP contribution is -2.26. The second-order valence-electron chi connectivity index (χ2n) is 4.60. The fraction of sp³-hybridized carbons (Fsp3) is 0.308. The normalized spacial score (nSPS) is 18.1. The van der Waals surface area contributed by atoms with Crippen molar-refractivity contribution in [3.8, 4) is 11.3 Å². The zero-order chi connectivity index (χ0) is 13.4. The minimum Gasteiger partial charge on any atom is -0.481 e. The van der Waals surface area contributed by atoms with Crippen LogP contribution in [0.4, 0.5) is 0 Å². The zero-order valence-electron chi connectivity index (χ0n) is 10.1. The third-order valence-electron chi connectivity index (χ3n) is 3.46. The van der Waals surface area contributed by atoms with Crippen molar-refractivity contribution in [2.24, 2.45) is 5.92 Å². The molecule has 19 heavy (non-hydrogen) atoms. The number of carbonyl (C=O) groups is 1. The Morgan fingerprint density at radius 1 is 1.42 bits per heavy atom. The Balaban J connectivity index is 2.03. The van der Waals surface area contributed by atoms with Crippen LogP contribution in [-0.2, 0) is 17.8 Å². The van der Waals surface area contributed by atoms with Crippen LogP contribution in [0.5, 0.6) is 0 Å². The van der Waals surface area contributed by atoms with Crippen LogP contribution >= 0.6 is 15.9 Å². The number of halogens is 1. The molecule has 6 heteroatoms. The topological polar surface area (TPSA) is 68.0 Å². The van der Waals surface area contributed by atoms with Crippen LogP contribution in [0.25, 0.3) is 11.3 Å². The van der Waals surface area contributed by atoms with Gasteiger partial charge in [0.25, 0.3) is 0 Å². The molecule has 0 saturated heterocycles. The Hall–Kier alpha value is -1.69. The predicted molar refractivity (Wildman–Crippen MR) is 72.6 cm³/mol. The largest absolute Gasteiger partial charge is 0.481 e. The average molecular weight is 322 g/mol. The van der Waals surface area contributed by atoms with E-state index in [1.165, 1.54) is 0 Å². The predicted octanol–water partition coefficient (Wildman–Crippen LogP) is 2.35. The standard InChI is InChI=1S/C13H12BrN3O2/c14-13-16-11(8-3-5-15-6-4-8)10-2-1-9(12(18)19)7-17(10)13/h3-6,9H,1-2,7H2,(H,18,19). The summed E-state index contributed by atoms with van der Waals surface area (Å²) in [5, 5.41) is 9.12. The number of fused-ring (bicyclic) bond motifs is 1. The van der Waals surface area contributed by atoms with E-state index in [1.807, 2.05) is 16.7 Å². The van der Waals surface area contributed by atoms with E-state index in [2.05, 4.69) is 25.9 Å². The van der Waals surface area contributed by atoms with Gasteiger partial charge in [-0.2, -0.15) is 0 Å². The lowest BCUT2D eigenvalue weighted by molar-refractivity contribution is -0.142. The minimum absolute atomic E-state index is 0.330. The highest BCUT2D eigenvalue weighted by Crippen LogP contribution is 2.32. The SMILES string of the molecule is O=C(O)C1CCc2c(-c3ccncc3)nc(Br)n2C1. The summed E-state index contributed by atoms with van der Waals surface area (Å²) in [4.78, 5) is 19.6. The highest BCUT2D eigenvalue weighted by molar-refractivity contribution is 9.10. The van der Waals surface area contributed by atoms with Gasteiger partial charge in [-0.15, -0.1) is 0 Å². The van der Waals surface area contributed by atoms with Gasteiger partial charge in [0.15, 0.2) is 4.73 Å². The molecule has 2 aromatic heterocycles. The van der Waals surface area contributed by atoms with Crippen molar-refractivity contribution in [1.29, 1.82) is 0 Å². The van der Waals surface area contributed by atoms with Crippen molar-refractivity contribution in [2.45, 2.75) is 19.4 Å². The number of aliphatic carboxylic acids is 1. The number of imidazole rings is 1. The van der Waals surface area contributed by atoms with Gasteiger partial charge in [-0.3, -0.25) is 9.78 Å². The van der Waals surface area contributed by atoms with Crippen LogP contribution in [0.2, 0.25) is 0 Å². The molecule has 0 amide bonds. The van der Waals surface area contributed by atoms with E-state index >= 15 is 0 Å². The second kappa shape index (κ2) is 4.77. The van der Waals surface area contributed by atoms with Crippen LogP contribution in [-0.4, -0.2) is 25.6 Å². The quantitative estimate of drug-likeness (QED) is 0.922. The Morgan fingerprint density at radius 2 is 2.16 bits per heavy atom. The Labute approximate surface area is 118 Å². The monoisotopic (exact) mass is 321 g/mol. The number of carboxylic acid groups (broad SMARTS) is 1. The van der Waals surface area contributed by atoms with Crippen LogP contribution in [0.15, 0.2) is 29.3 Å². The number of aromatic nitrogens is 3. The van der Waals surface area contributed by atoms with Gasteiger partial charge in [0, 0.05) is 30.2 Å². The third kappa shape index (κ3) is 2.16. The molecular formula is C13H12BrN3O2. The van der Waals surface area contributed by atoms with Crippen molar-refractivity contribution in [3.63, 3.8) is 0 Å². The van der Waals surface area contributed by atoms with Crippen molar-refractivity contribution < 1.29 is 9.90 Å². The van der Waals surface area contributed by atoms with Crippen molar-refractivity contribution in [2.75, 3.05) is 0 Å². The highest BCUT2D eigenvalue weighted by atomic mass is 79.9. The summed E-state index contributed by atoms with van der Waals surface area (Å²) in [5.41, 5.74) is 3.02. The molecule has 1 aliphatic rings. The fourth-order valence-electron chi connectivity index (χ4n) is 2.46.